The van der Waals surface area contributed by atoms with E-state index in [1.54, 1.807) is 12.3 Å². The first kappa shape index (κ1) is 20.0. The van der Waals surface area contributed by atoms with Crippen LogP contribution >= 0.6 is 0 Å². The lowest BCUT2D eigenvalue weighted by atomic mass is 9.87. The lowest BCUT2D eigenvalue weighted by molar-refractivity contribution is -0.0511. The van der Waals surface area contributed by atoms with Crippen LogP contribution in [0.2, 0.25) is 0 Å². The highest BCUT2D eigenvalue weighted by Gasteiger charge is 2.45. The smallest absolute Gasteiger partial charge is 0.269 e. The van der Waals surface area contributed by atoms with Gasteiger partial charge in [-0.1, -0.05) is 6.07 Å². The van der Waals surface area contributed by atoms with Gasteiger partial charge >= 0.3 is 0 Å². The molecule has 3 aromatic rings. The zero-order chi connectivity index (χ0) is 21.3. The average molecular weight is 412 g/mol. The molecule has 2 aromatic heterocycles. The molecule has 1 aliphatic carbocycles. The van der Waals surface area contributed by atoms with E-state index in [-0.39, 0.29) is 23.6 Å². The molecular formula is C21H22F2N6O. The molecule has 1 aliphatic rings. The summed E-state index contributed by atoms with van der Waals surface area (Å²) in [6.07, 6.45) is 2.35. The van der Waals surface area contributed by atoms with Crippen LogP contribution in [0, 0.1) is 0 Å². The van der Waals surface area contributed by atoms with Gasteiger partial charge in [0.1, 0.15) is 17.7 Å². The van der Waals surface area contributed by atoms with Crippen LogP contribution in [0.1, 0.15) is 29.6 Å². The molecule has 0 saturated heterocycles. The number of carbonyl (C=O) groups is 1. The lowest BCUT2D eigenvalue weighted by Gasteiger charge is -2.36. The van der Waals surface area contributed by atoms with Gasteiger partial charge in [-0.25, -0.2) is 13.8 Å². The van der Waals surface area contributed by atoms with Gasteiger partial charge in [-0.3, -0.25) is 9.78 Å². The Kier molecular flexibility index (Phi) is 5.21. The molecule has 0 unspecified atom stereocenters. The summed E-state index contributed by atoms with van der Waals surface area (Å²) < 4.78 is 28.7. The van der Waals surface area contributed by atoms with Gasteiger partial charge in [0.2, 0.25) is 0 Å². The van der Waals surface area contributed by atoms with Crippen molar-refractivity contribution in [2.45, 2.75) is 37.3 Å². The minimum Gasteiger partial charge on any atom is -0.365 e. The number of hydrogen-bond donors (Lipinski definition) is 4. The Hall–Kier alpha value is -3.33. The SMILES string of the molecule is NC(=O)c1ccc(N[C@H]2[C@@H](N)CCCC2(F)F)nc1Nc1ccc2ncccc2c1. The Morgan fingerprint density at radius 2 is 2.03 bits per heavy atom. The second-order valence-electron chi connectivity index (χ2n) is 7.43. The maximum Gasteiger partial charge on any atom is 0.269 e. The van der Waals surface area contributed by atoms with E-state index in [0.29, 0.717) is 18.5 Å². The van der Waals surface area contributed by atoms with E-state index in [1.807, 2.05) is 24.3 Å². The number of rotatable bonds is 5. The van der Waals surface area contributed by atoms with Crippen LogP contribution in [-0.2, 0) is 0 Å². The monoisotopic (exact) mass is 412 g/mol. The summed E-state index contributed by atoms with van der Waals surface area (Å²) in [4.78, 5) is 20.5. The molecule has 9 heteroatoms. The van der Waals surface area contributed by atoms with E-state index in [1.165, 1.54) is 12.1 Å². The van der Waals surface area contributed by atoms with E-state index in [9.17, 15) is 13.6 Å². The highest BCUT2D eigenvalue weighted by Crippen LogP contribution is 2.35. The number of nitrogens with one attached hydrogen (secondary N) is 2. The second-order valence-corrected chi connectivity index (χ2v) is 7.43. The third-order valence-corrected chi connectivity index (χ3v) is 5.26. The fourth-order valence-electron chi connectivity index (χ4n) is 3.70. The standard InChI is InChI=1S/C21H22F2N6O/c22-21(23)9-1-4-15(24)18(21)28-17-8-6-14(19(25)30)20(29-17)27-13-5-7-16-12(11-13)3-2-10-26-16/h2-3,5-8,10-11,15,18H,1,4,9,24H2,(H2,25,30)(H2,27,28,29)/t15-,18-/m0/s1. The van der Waals surface area contributed by atoms with Crippen molar-refractivity contribution < 1.29 is 13.6 Å². The number of hydrogen-bond acceptors (Lipinski definition) is 6. The van der Waals surface area contributed by atoms with Crippen LogP contribution in [0.15, 0.2) is 48.7 Å². The summed E-state index contributed by atoms with van der Waals surface area (Å²) in [7, 11) is 0. The molecule has 0 aliphatic heterocycles. The molecule has 1 saturated carbocycles. The molecule has 6 N–H and O–H groups in total. The Morgan fingerprint density at radius 1 is 1.20 bits per heavy atom. The molecule has 2 atom stereocenters. The number of pyridine rings is 2. The predicted octanol–water partition coefficient (Wildman–Crippen LogP) is 3.40. The van der Waals surface area contributed by atoms with Crippen LogP contribution in [0.25, 0.3) is 10.9 Å². The van der Waals surface area contributed by atoms with Gasteiger partial charge in [-0.05, 0) is 49.2 Å². The van der Waals surface area contributed by atoms with E-state index in [4.69, 9.17) is 11.5 Å². The zero-order valence-electron chi connectivity index (χ0n) is 16.1. The molecule has 7 nitrogen and oxygen atoms in total. The van der Waals surface area contributed by atoms with Crippen molar-refractivity contribution in [3.63, 3.8) is 0 Å². The molecule has 1 fully saturated rings. The van der Waals surface area contributed by atoms with Gasteiger partial charge in [0.15, 0.2) is 0 Å². The van der Waals surface area contributed by atoms with Crippen molar-refractivity contribution in [2.75, 3.05) is 10.6 Å². The van der Waals surface area contributed by atoms with Gasteiger partial charge in [0, 0.05) is 29.7 Å². The Balaban J connectivity index is 1.65. The summed E-state index contributed by atoms with van der Waals surface area (Å²) in [5.41, 5.74) is 13.0. The Bertz CT molecular complexity index is 1090. The molecule has 156 valence electrons. The number of carbonyl (C=O) groups excluding carboxylic acids is 1. The van der Waals surface area contributed by atoms with E-state index >= 15 is 0 Å². The topological polar surface area (TPSA) is 119 Å². The summed E-state index contributed by atoms with van der Waals surface area (Å²) in [5, 5.41) is 6.71. The van der Waals surface area contributed by atoms with Gasteiger partial charge in [-0.2, -0.15) is 0 Å². The minimum atomic E-state index is -2.94. The molecule has 0 radical (unpaired) electrons. The number of anilines is 3. The predicted molar refractivity (Wildman–Crippen MR) is 112 cm³/mol. The third-order valence-electron chi connectivity index (χ3n) is 5.26. The van der Waals surface area contributed by atoms with Gasteiger partial charge in [0.25, 0.3) is 11.8 Å². The first-order chi connectivity index (χ1) is 14.3. The fourth-order valence-corrected chi connectivity index (χ4v) is 3.70. The first-order valence-corrected chi connectivity index (χ1v) is 9.66. The van der Waals surface area contributed by atoms with Crippen molar-refractivity contribution in [3.05, 3.63) is 54.2 Å². The third kappa shape index (κ3) is 4.02. The van der Waals surface area contributed by atoms with Crippen molar-refractivity contribution >= 4 is 34.1 Å². The maximum atomic E-state index is 14.3. The fraction of sp³-hybridized carbons (Fsp3) is 0.286. The van der Waals surface area contributed by atoms with Crippen LogP contribution in [0.5, 0.6) is 0 Å². The number of alkyl halides is 2. The van der Waals surface area contributed by atoms with E-state index in [0.717, 1.165) is 10.9 Å². The lowest BCUT2D eigenvalue weighted by Crippen LogP contribution is -2.55. The number of nitrogens with zero attached hydrogens (tertiary/aromatic N) is 2. The Morgan fingerprint density at radius 3 is 2.80 bits per heavy atom. The number of benzene rings is 1. The summed E-state index contributed by atoms with van der Waals surface area (Å²) in [5.74, 6) is -3.27. The van der Waals surface area contributed by atoms with Crippen molar-refractivity contribution in [2.24, 2.45) is 11.5 Å². The number of nitrogens with two attached hydrogens (primary N) is 2. The average Bonchev–Trinajstić information content (AvgIpc) is 2.70. The highest BCUT2D eigenvalue weighted by atomic mass is 19.3. The summed E-state index contributed by atoms with van der Waals surface area (Å²) in [6, 6.07) is 10.1. The molecule has 1 aromatic carbocycles. The van der Waals surface area contributed by atoms with Gasteiger partial charge in [0.05, 0.1) is 11.1 Å². The van der Waals surface area contributed by atoms with Crippen LogP contribution in [-0.4, -0.2) is 33.9 Å². The number of amides is 1. The van der Waals surface area contributed by atoms with Crippen molar-refractivity contribution in [1.29, 1.82) is 0 Å². The van der Waals surface area contributed by atoms with Crippen molar-refractivity contribution in [1.82, 2.24) is 9.97 Å². The molecule has 2 heterocycles. The molecule has 0 spiro atoms. The number of fused-ring (bicyclic) bond motifs is 1. The zero-order valence-corrected chi connectivity index (χ0v) is 16.1. The summed E-state index contributed by atoms with van der Waals surface area (Å²) in [6.45, 7) is 0. The Labute approximate surface area is 171 Å². The molecular weight excluding hydrogens is 390 g/mol. The molecule has 0 bridgehead atoms. The van der Waals surface area contributed by atoms with Gasteiger partial charge in [-0.15, -0.1) is 0 Å². The van der Waals surface area contributed by atoms with E-state index < -0.39 is 23.9 Å². The molecule has 30 heavy (non-hydrogen) atoms. The first-order valence-electron chi connectivity index (χ1n) is 9.66. The normalized spacial score (nSPS) is 20.6. The van der Waals surface area contributed by atoms with Gasteiger partial charge < -0.3 is 22.1 Å². The highest BCUT2D eigenvalue weighted by molar-refractivity contribution is 5.98. The van der Waals surface area contributed by atoms with E-state index in [2.05, 4.69) is 20.6 Å². The number of primary amides is 1. The molecule has 1 amide bonds. The minimum absolute atomic E-state index is 0.145. The van der Waals surface area contributed by atoms with Crippen LogP contribution < -0.4 is 22.1 Å². The largest absolute Gasteiger partial charge is 0.365 e. The van der Waals surface area contributed by atoms with Crippen LogP contribution in [0.3, 0.4) is 0 Å². The van der Waals surface area contributed by atoms with Crippen LogP contribution in [0.4, 0.5) is 26.1 Å². The quantitative estimate of drug-likeness (QED) is 0.510. The molecule has 4 rings (SSSR count). The summed E-state index contributed by atoms with van der Waals surface area (Å²) >= 11 is 0. The second kappa shape index (κ2) is 7.83. The number of halogens is 2. The maximum absolute atomic E-state index is 14.3. The number of aromatic nitrogens is 2. The van der Waals surface area contributed by atoms with Crippen molar-refractivity contribution in [3.8, 4) is 0 Å².